The Morgan fingerprint density at radius 3 is 2.62 bits per heavy atom. The van der Waals surface area contributed by atoms with Crippen molar-refractivity contribution in [1.82, 2.24) is 0 Å². The zero-order valence-electron chi connectivity index (χ0n) is 8.28. The molecule has 0 bridgehead atoms. The van der Waals surface area contributed by atoms with E-state index in [-0.39, 0.29) is 23.5 Å². The van der Waals surface area contributed by atoms with Gasteiger partial charge in [-0.1, -0.05) is 6.07 Å². The molecule has 0 fully saturated rings. The maximum atomic E-state index is 13.1. The molecule has 6 heteroatoms. The summed E-state index contributed by atoms with van der Waals surface area (Å²) in [5, 5.41) is 8.36. The summed E-state index contributed by atoms with van der Waals surface area (Å²) in [6, 6.07) is 3.00. The number of rotatable bonds is 5. The first-order chi connectivity index (χ1) is 7.49. The highest BCUT2D eigenvalue weighted by atomic mass is 32.2. The molecule has 0 spiro atoms. The van der Waals surface area contributed by atoms with Gasteiger partial charge in [0.25, 0.3) is 0 Å². The van der Waals surface area contributed by atoms with E-state index in [1.54, 1.807) is 0 Å². The smallest absolute Gasteiger partial charge is 0.304 e. The maximum Gasteiger partial charge on any atom is 0.304 e. The minimum atomic E-state index is -1.45. The van der Waals surface area contributed by atoms with Crippen LogP contribution in [0.5, 0.6) is 0 Å². The van der Waals surface area contributed by atoms with Crippen LogP contribution in [-0.2, 0) is 21.3 Å². The van der Waals surface area contributed by atoms with Crippen LogP contribution in [0.15, 0.2) is 18.2 Å². The molecule has 0 aromatic heterocycles. The lowest BCUT2D eigenvalue weighted by Gasteiger charge is -2.02. The van der Waals surface area contributed by atoms with Gasteiger partial charge in [0.1, 0.15) is 11.6 Å². The van der Waals surface area contributed by atoms with Crippen LogP contribution in [0.4, 0.5) is 8.78 Å². The normalized spacial score (nSPS) is 12.4. The average Bonchev–Trinajstić information content (AvgIpc) is 2.19. The van der Waals surface area contributed by atoms with Gasteiger partial charge in [-0.05, 0) is 6.07 Å². The van der Waals surface area contributed by atoms with Crippen LogP contribution in [0.1, 0.15) is 12.0 Å². The van der Waals surface area contributed by atoms with Gasteiger partial charge in [0.15, 0.2) is 0 Å². The third kappa shape index (κ3) is 4.06. The first kappa shape index (κ1) is 12.8. The van der Waals surface area contributed by atoms with Gasteiger partial charge in [0, 0.05) is 28.2 Å². The topological polar surface area (TPSA) is 54.4 Å². The third-order valence-corrected chi connectivity index (χ3v) is 3.17. The van der Waals surface area contributed by atoms with Crippen molar-refractivity contribution in [1.29, 1.82) is 0 Å². The van der Waals surface area contributed by atoms with Gasteiger partial charge in [0.05, 0.1) is 12.2 Å². The number of benzene rings is 1. The highest BCUT2D eigenvalue weighted by Gasteiger charge is 2.09. The SMILES string of the molecule is O=C(O)CCS(=O)Cc1ccc(F)cc1F. The van der Waals surface area contributed by atoms with E-state index in [1.165, 1.54) is 6.07 Å². The molecule has 1 aromatic carbocycles. The van der Waals surface area contributed by atoms with E-state index in [9.17, 15) is 17.8 Å². The second kappa shape index (κ2) is 5.69. The molecule has 88 valence electrons. The van der Waals surface area contributed by atoms with E-state index < -0.39 is 28.4 Å². The molecule has 1 aromatic rings. The number of carboxylic acids is 1. The van der Waals surface area contributed by atoms with Crippen molar-refractivity contribution in [3.8, 4) is 0 Å². The molecule has 1 N–H and O–H groups in total. The lowest BCUT2D eigenvalue weighted by molar-refractivity contribution is -0.136. The van der Waals surface area contributed by atoms with Crippen molar-refractivity contribution in [3.05, 3.63) is 35.4 Å². The molecule has 0 saturated heterocycles. The van der Waals surface area contributed by atoms with Gasteiger partial charge in [-0.3, -0.25) is 9.00 Å². The van der Waals surface area contributed by atoms with Crippen molar-refractivity contribution in [2.45, 2.75) is 12.2 Å². The summed E-state index contributed by atoms with van der Waals surface area (Å²) in [5.74, 6) is -2.64. The van der Waals surface area contributed by atoms with E-state index in [4.69, 9.17) is 5.11 Å². The van der Waals surface area contributed by atoms with Crippen molar-refractivity contribution < 1.29 is 22.9 Å². The van der Waals surface area contributed by atoms with E-state index in [0.717, 1.165) is 6.07 Å². The number of carbonyl (C=O) groups is 1. The fourth-order valence-corrected chi connectivity index (χ4v) is 2.21. The molecular weight excluding hydrogens is 238 g/mol. The highest BCUT2D eigenvalue weighted by Crippen LogP contribution is 2.12. The summed E-state index contributed by atoms with van der Waals surface area (Å²) in [6.45, 7) is 0. The Labute approximate surface area is 93.6 Å². The Bertz CT molecular complexity index is 421. The molecule has 0 amide bonds. The summed E-state index contributed by atoms with van der Waals surface area (Å²) >= 11 is 0. The van der Waals surface area contributed by atoms with E-state index in [1.807, 2.05) is 0 Å². The Hall–Kier alpha value is -1.30. The number of hydrogen-bond donors (Lipinski definition) is 1. The van der Waals surface area contributed by atoms with Gasteiger partial charge in [-0.25, -0.2) is 8.78 Å². The third-order valence-electron chi connectivity index (χ3n) is 1.88. The van der Waals surface area contributed by atoms with Crippen LogP contribution in [-0.4, -0.2) is 21.0 Å². The predicted octanol–water partition coefficient (Wildman–Crippen LogP) is 1.69. The molecule has 0 heterocycles. The molecule has 3 nitrogen and oxygen atoms in total. The van der Waals surface area contributed by atoms with E-state index in [2.05, 4.69) is 0 Å². The summed E-state index contributed by atoms with van der Waals surface area (Å²) in [4.78, 5) is 10.2. The van der Waals surface area contributed by atoms with Crippen molar-refractivity contribution in [2.75, 3.05) is 5.75 Å². The van der Waals surface area contributed by atoms with Crippen molar-refractivity contribution in [3.63, 3.8) is 0 Å². The second-order valence-electron chi connectivity index (χ2n) is 3.17. The Balaban J connectivity index is 2.59. The van der Waals surface area contributed by atoms with Crippen LogP contribution in [0.3, 0.4) is 0 Å². The van der Waals surface area contributed by atoms with E-state index in [0.29, 0.717) is 6.07 Å². The van der Waals surface area contributed by atoms with Gasteiger partial charge in [0.2, 0.25) is 0 Å². The number of carboxylic acid groups (broad SMARTS) is 1. The van der Waals surface area contributed by atoms with Crippen LogP contribution in [0.25, 0.3) is 0 Å². The van der Waals surface area contributed by atoms with E-state index >= 15 is 0 Å². The second-order valence-corrected chi connectivity index (χ2v) is 4.74. The molecule has 0 saturated carbocycles. The fourth-order valence-electron chi connectivity index (χ4n) is 1.09. The zero-order valence-corrected chi connectivity index (χ0v) is 9.10. The Morgan fingerprint density at radius 2 is 2.06 bits per heavy atom. The first-order valence-electron chi connectivity index (χ1n) is 4.49. The largest absolute Gasteiger partial charge is 0.481 e. The molecule has 1 rings (SSSR count). The molecule has 0 aliphatic heterocycles. The number of halogens is 2. The molecule has 1 unspecified atom stereocenters. The predicted molar refractivity (Wildman–Crippen MR) is 55.3 cm³/mol. The van der Waals surface area contributed by atoms with Gasteiger partial charge in [-0.15, -0.1) is 0 Å². The molecule has 0 radical (unpaired) electrons. The van der Waals surface area contributed by atoms with Crippen LogP contribution >= 0.6 is 0 Å². The molecule has 16 heavy (non-hydrogen) atoms. The lowest BCUT2D eigenvalue weighted by atomic mass is 10.2. The van der Waals surface area contributed by atoms with Crippen molar-refractivity contribution >= 4 is 16.8 Å². The lowest BCUT2D eigenvalue weighted by Crippen LogP contribution is -2.07. The summed E-state index contributed by atoms with van der Waals surface area (Å²) in [7, 11) is -1.45. The van der Waals surface area contributed by atoms with Crippen molar-refractivity contribution in [2.24, 2.45) is 0 Å². The zero-order chi connectivity index (χ0) is 12.1. The van der Waals surface area contributed by atoms with Gasteiger partial charge < -0.3 is 5.11 Å². The molecule has 0 aliphatic carbocycles. The summed E-state index contributed by atoms with van der Waals surface area (Å²) in [5.41, 5.74) is 0.130. The highest BCUT2D eigenvalue weighted by molar-refractivity contribution is 7.84. The maximum absolute atomic E-state index is 13.1. The molecule has 1 atom stereocenters. The first-order valence-corrected chi connectivity index (χ1v) is 5.98. The minimum Gasteiger partial charge on any atom is -0.481 e. The van der Waals surface area contributed by atoms with Crippen LogP contribution in [0, 0.1) is 11.6 Å². The number of hydrogen-bond acceptors (Lipinski definition) is 2. The summed E-state index contributed by atoms with van der Waals surface area (Å²) < 4.78 is 37.0. The minimum absolute atomic E-state index is 0.0356. The number of aliphatic carboxylic acids is 1. The fraction of sp³-hybridized carbons (Fsp3) is 0.300. The average molecular weight is 248 g/mol. The van der Waals surface area contributed by atoms with Gasteiger partial charge >= 0.3 is 5.97 Å². The standard InChI is InChI=1S/C10H10F2O3S/c11-8-2-1-7(9(12)5-8)6-16(15)4-3-10(13)14/h1-2,5H,3-4,6H2,(H,13,14). The summed E-state index contributed by atoms with van der Waals surface area (Å²) in [6.07, 6.45) is -0.227. The van der Waals surface area contributed by atoms with Crippen LogP contribution in [0.2, 0.25) is 0 Å². The monoisotopic (exact) mass is 248 g/mol. The Morgan fingerprint density at radius 1 is 1.38 bits per heavy atom. The Kier molecular flexibility index (Phi) is 4.54. The molecule has 0 aliphatic rings. The molecular formula is C10H10F2O3S. The van der Waals surface area contributed by atoms with Crippen LogP contribution < -0.4 is 0 Å². The van der Waals surface area contributed by atoms with Gasteiger partial charge in [-0.2, -0.15) is 0 Å². The quantitative estimate of drug-likeness (QED) is 0.862.